The third-order valence-corrected chi connectivity index (χ3v) is 4.29. The van der Waals surface area contributed by atoms with Crippen molar-refractivity contribution >= 4 is 29.3 Å². The fourth-order valence-electron chi connectivity index (χ4n) is 1.73. The van der Waals surface area contributed by atoms with Gasteiger partial charge in [-0.1, -0.05) is 35.5 Å². The fourth-order valence-corrected chi connectivity index (χ4v) is 2.93. The van der Waals surface area contributed by atoms with Crippen LogP contribution in [0.3, 0.4) is 0 Å². The van der Waals surface area contributed by atoms with Crippen LogP contribution in [-0.4, -0.2) is 11.1 Å². The molecule has 0 saturated heterocycles. The van der Waals surface area contributed by atoms with Gasteiger partial charge in [0, 0.05) is 9.79 Å². The summed E-state index contributed by atoms with van der Waals surface area (Å²) in [5.74, 6) is -1.07. The molecule has 0 aliphatic rings. The molecule has 0 saturated carbocycles. The Labute approximate surface area is 125 Å². The van der Waals surface area contributed by atoms with Crippen molar-refractivity contribution in [3.8, 4) is 6.07 Å². The Hall–Kier alpha value is -1.96. The Kier molecular flexibility index (Phi) is 4.33. The van der Waals surface area contributed by atoms with Crippen molar-refractivity contribution in [3.05, 3.63) is 58.1 Å². The molecule has 0 unspecified atom stereocenters. The second-order valence-corrected chi connectivity index (χ2v) is 5.60. The maximum atomic E-state index is 11.1. The molecule has 0 fully saturated rings. The molecule has 0 bridgehead atoms. The number of rotatable bonds is 3. The first-order valence-electron chi connectivity index (χ1n) is 5.73. The van der Waals surface area contributed by atoms with Gasteiger partial charge in [0.15, 0.2) is 0 Å². The number of hydrogen-bond acceptors (Lipinski definition) is 3. The monoisotopic (exact) mass is 303 g/mol. The lowest BCUT2D eigenvalue weighted by atomic mass is 10.1. The lowest BCUT2D eigenvalue weighted by Gasteiger charge is -2.08. The summed E-state index contributed by atoms with van der Waals surface area (Å²) in [7, 11) is 0. The van der Waals surface area contributed by atoms with Crippen LogP contribution in [0.5, 0.6) is 0 Å². The maximum absolute atomic E-state index is 11.1. The molecule has 0 aliphatic carbocycles. The van der Waals surface area contributed by atoms with Crippen LogP contribution in [0.2, 0.25) is 5.02 Å². The predicted octanol–water partition coefficient (Wildman–Crippen LogP) is 4.37. The number of aryl methyl sites for hydroxylation is 1. The molecule has 3 nitrogen and oxygen atoms in total. The number of nitriles is 1. The summed E-state index contributed by atoms with van der Waals surface area (Å²) in [6.45, 7) is 1.91. The van der Waals surface area contributed by atoms with Gasteiger partial charge in [-0.05, 0) is 36.8 Å². The molecule has 0 amide bonds. The Balaban J connectivity index is 2.44. The fraction of sp³-hybridized carbons (Fsp3) is 0.0667. The summed E-state index contributed by atoms with van der Waals surface area (Å²) in [4.78, 5) is 12.6. The second kappa shape index (κ2) is 6.00. The number of benzene rings is 2. The van der Waals surface area contributed by atoms with Crippen LogP contribution in [0.25, 0.3) is 0 Å². The van der Waals surface area contributed by atoms with Crippen molar-refractivity contribution in [3.63, 3.8) is 0 Å². The van der Waals surface area contributed by atoms with Gasteiger partial charge in [-0.3, -0.25) is 0 Å². The van der Waals surface area contributed by atoms with Gasteiger partial charge in [-0.15, -0.1) is 0 Å². The van der Waals surface area contributed by atoms with Crippen molar-refractivity contribution < 1.29 is 9.90 Å². The van der Waals surface area contributed by atoms with E-state index >= 15 is 0 Å². The quantitative estimate of drug-likeness (QED) is 0.914. The maximum Gasteiger partial charge on any atom is 0.337 e. The van der Waals surface area contributed by atoms with E-state index < -0.39 is 5.97 Å². The van der Waals surface area contributed by atoms with E-state index in [1.807, 2.05) is 19.1 Å². The molecule has 2 rings (SSSR count). The van der Waals surface area contributed by atoms with Gasteiger partial charge in [-0.2, -0.15) is 5.26 Å². The number of halogens is 1. The van der Waals surface area contributed by atoms with Gasteiger partial charge in [0.1, 0.15) is 6.07 Å². The molecule has 2 aromatic rings. The van der Waals surface area contributed by atoms with Crippen LogP contribution in [0.1, 0.15) is 21.5 Å². The zero-order chi connectivity index (χ0) is 14.7. The van der Waals surface area contributed by atoms with E-state index in [1.165, 1.54) is 17.8 Å². The van der Waals surface area contributed by atoms with Crippen molar-refractivity contribution in [1.82, 2.24) is 0 Å². The Bertz CT molecular complexity index is 722. The second-order valence-electron chi connectivity index (χ2n) is 4.11. The first-order valence-corrected chi connectivity index (χ1v) is 6.93. The molecule has 0 atom stereocenters. The van der Waals surface area contributed by atoms with Crippen LogP contribution < -0.4 is 0 Å². The minimum Gasteiger partial charge on any atom is -0.478 e. The Morgan fingerprint density at radius 2 is 2.10 bits per heavy atom. The van der Waals surface area contributed by atoms with Gasteiger partial charge in [0.05, 0.1) is 16.1 Å². The average Bonchev–Trinajstić information content (AvgIpc) is 2.42. The van der Waals surface area contributed by atoms with E-state index in [0.717, 1.165) is 15.4 Å². The Morgan fingerprint density at radius 3 is 2.75 bits per heavy atom. The largest absolute Gasteiger partial charge is 0.478 e. The lowest BCUT2D eigenvalue weighted by Crippen LogP contribution is -1.97. The van der Waals surface area contributed by atoms with Crippen LogP contribution >= 0.6 is 23.4 Å². The minimum atomic E-state index is -1.07. The molecule has 0 aromatic heterocycles. The van der Waals surface area contributed by atoms with Crippen molar-refractivity contribution in [2.75, 3.05) is 0 Å². The molecule has 2 aromatic carbocycles. The topological polar surface area (TPSA) is 61.1 Å². The summed E-state index contributed by atoms with van der Waals surface area (Å²) in [6, 6.07) is 12.4. The normalized spacial score (nSPS) is 10.1. The number of carboxylic acids is 1. The van der Waals surface area contributed by atoms with Gasteiger partial charge < -0.3 is 5.11 Å². The summed E-state index contributed by atoms with van der Waals surface area (Å²) in [5, 5.41) is 18.4. The Morgan fingerprint density at radius 1 is 1.35 bits per heavy atom. The minimum absolute atomic E-state index is 0.0590. The van der Waals surface area contributed by atoms with Crippen molar-refractivity contribution in [1.29, 1.82) is 5.26 Å². The van der Waals surface area contributed by atoms with Crippen molar-refractivity contribution in [2.24, 2.45) is 0 Å². The third-order valence-electron chi connectivity index (χ3n) is 2.72. The molecule has 1 N–H and O–H groups in total. The number of carboxylic acid groups (broad SMARTS) is 1. The summed E-state index contributed by atoms with van der Waals surface area (Å²) < 4.78 is 0. The highest BCUT2D eigenvalue weighted by Gasteiger charge is 2.12. The molecule has 0 spiro atoms. The van der Waals surface area contributed by atoms with Gasteiger partial charge in [0.2, 0.25) is 0 Å². The highest BCUT2D eigenvalue weighted by atomic mass is 35.5. The van der Waals surface area contributed by atoms with Gasteiger partial charge >= 0.3 is 5.97 Å². The summed E-state index contributed by atoms with van der Waals surface area (Å²) in [6.07, 6.45) is 0. The van der Waals surface area contributed by atoms with E-state index in [4.69, 9.17) is 22.0 Å². The smallest absolute Gasteiger partial charge is 0.337 e. The number of hydrogen-bond donors (Lipinski definition) is 1. The zero-order valence-corrected chi connectivity index (χ0v) is 12.1. The first-order chi connectivity index (χ1) is 9.52. The van der Waals surface area contributed by atoms with E-state index in [-0.39, 0.29) is 10.6 Å². The van der Waals surface area contributed by atoms with E-state index in [2.05, 4.69) is 6.07 Å². The highest BCUT2D eigenvalue weighted by molar-refractivity contribution is 7.99. The SMILES string of the molecule is Cc1cccc(C#N)c1Sc1ccc(Cl)c(C(=O)O)c1. The number of aromatic carboxylic acids is 1. The number of carbonyl (C=O) groups is 1. The van der Waals surface area contributed by atoms with Crippen LogP contribution in [0.15, 0.2) is 46.2 Å². The number of nitrogens with zero attached hydrogens (tertiary/aromatic N) is 1. The van der Waals surface area contributed by atoms with Crippen LogP contribution in [-0.2, 0) is 0 Å². The van der Waals surface area contributed by atoms with E-state index in [9.17, 15) is 4.79 Å². The molecule has 100 valence electrons. The van der Waals surface area contributed by atoms with Crippen LogP contribution in [0.4, 0.5) is 0 Å². The van der Waals surface area contributed by atoms with Crippen molar-refractivity contribution in [2.45, 2.75) is 16.7 Å². The molecule has 20 heavy (non-hydrogen) atoms. The van der Waals surface area contributed by atoms with E-state index in [0.29, 0.717) is 5.56 Å². The molecular formula is C15H10ClNO2S. The zero-order valence-electron chi connectivity index (χ0n) is 10.6. The molecular weight excluding hydrogens is 294 g/mol. The molecule has 0 radical (unpaired) electrons. The molecule has 0 heterocycles. The first kappa shape index (κ1) is 14.4. The standard InChI is InChI=1S/C15H10ClNO2S/c1-9-3-2-4-10(8-17)14(9)20-11-5-6-13(16)12(7-11)15(18)19/h2-7H,1H3,(H,18,19). The highest BCUT2D eigenvalue weighted by Crippen LogP contribution is 2.34. The lowest BCUT2D eigenvalue weighted by molar-refractivity contribution is 0.0697. The summed E-state index contributed by atoms with van der Waals surface area (Å²) >= 11 is 7.20. The van der Waals surface area contributed by atoms with Crippen LogP contribution in [0, 0.1) is 18.3 Å². The summed E-state index contributed by atoms with van der Waals surface area (Å²) in [5.41, 5.74) is 1.60. The third kappa shape index (κ3) is 2.96. The van der Waals surface area contributed by atoms with Gasteiger partial charge in [0.25, 0.3) is 0 Å². The predicted molar refractivity (Wildman–Crippen MR) is 78.4 cm³/mol. The molecule has 0 aliphatic heterocycles. The molecule has 5 heteroatoms. The van der Waals surface area contributed by atoms with Gasteiger partial charge in [-0.25, -0.2) is 4.79 Å². The van der Waals surface area contributed by atoms with E-state index in [1.54, 1.807) is 18.2 Å². The average molecular weight is 304 g/mol.